The summed E-state index contributed by atoms with van der Waals surface area (Å²) in [5, 5.41) is 5.94. The number of benzene rings is 2. The van der Waals surface area contributed by atoms with Crippen molar-refractivity contribution in [3.63, 3.8) is 0 Å². The Kier molecular flexibility index (Phi) is 6.44. The van der Waals surface area contributed by atoms with Crippen molar-refractivity contribution >= 4 is 23.2 Å². The lowest BCUT2D eigenvalue weighted by atomic mass is 10.1. The molecule has 0 spiro atoms. The van der Waals surface area contributed by atoms with E-state index in [1.807, 2.05) is 30.3 Å². The van der Waals surface area contributed by atoms with Gasteiger partial charge in [-0.2, -0.15) is 0 Å². The molecule has 0 aliphatic carbocycles. The average Bonchev–Trinajstić information content (AvgIpc) is 3.24. The summed E-state index contributed by atoms with van der Waals surface area (Å²) >= 11 is 0. The van der Waals surface area contributed by atoms with Crippen LogP contribution in [0.3, 0.4) is 0 Å². The molecule has 0 saturated carbocycles. The molecule has 2 aromatic rings. The molecular weight excluding hydrogens is 342 g/mol. The Morgan fingerprint density at radius 2 is 1.85 bits per heavy atom. The molecule has 2 N–H and O–H groups in total. The third kappa shape index (κ3) is 5.31. The van der Waals surface area contributed by atoms with E-state index in [2.05, 4.69) is 10.6 Å². The number of carbonyl (C=O) groups excluding carboxylic acids is 2. The smallest absolute Gasteiger partial charge is 0.258 e. The zero-order valence-corrected chi connectivity index (χ0v) is 15.5. The van der Waals surface area contributed by atoms with E-state index in [-0.39, 0.29) is 24.5 Å². The van der Waals surface area contributed by atoms with Gasteiger partial charge < -0.3 is 20.3 Å². The van der Waals surface area contributed by atoms with Crippen LogP contribution in [0, 0.1) is 0 Å². The predicted molar refractivity (Wildman–Crippen MR) is 106 cm³/mol. The van der Waals surface area contributed by atoms with Crippen LogP contribution in [0.4, 0.5) is 11.4 Å². The largest absolute Gasteiger partial charge is 0.376 e. The first-order valence-corrected chi connectivity index (χ1v) is 9.19. The lowest BCUT2D eigenvalue weighted by Crippen LogP contribution is -2.35. The Hall–Kier alpha value is -2.86. The molecule has 2 amide bonds. The summed E-state index contributed by atoms with van der Waals surface area (Å²) in [5.74, 6) is -0.156. The van der Waals surface area contributed by atoms with Gasteiger partial charge in [-0.1, -0.05) is 18.2 Å². The van der Waals surface area contributed by atoms with E-state index in [0.717, 1.165) is 30.8 Å². The highest BCUT2D eigenvalue weighted by atomic mass is 16.5. The average molecular weight is 367 g/mol. The first kappa shape index (κ1) is 18.9. The summed E-state index contributed by atoms with van der Waals surface area (Å²) in [5.41, 5.74) is 2.23. The van der Waals surface area contributed by atoms with E-state index in [4.69, 9.17) is 4.74 Å². The zero-order valence-electron chi connectivity index (χ0n) is 15.5. The Morgan fingerprint density at radius 1 is 1.11 bits per heavy atom. The monoisotopic (exact) mass is 367 g/mol. The van der Waals surface area contributed by atoms with Crippen molar-refractivity contribution in [1.29, 1.82) is 0 Å². The van der Waals surface area contributed by atoms with Gasteiger partial charge in [-0.05, 0) is 49.2 Å². The Bertz CT molecular complexity index is 756. The minimum absolute atomic E-state index is 0.0746. The number of anilines is 2. The van der Waals surface area contributed by atoms with Gasteiger partial charge in [0.2, 0.25) is 5.91 Å². The number of nitrogens with one attached hydrogen (secondary N) is 2. The van der Waals surface area contributed by atoms with Crippen LogP contribution >= 0.6 is 0 Å². The summed E-state index contributed by atoms with van der Waals surface area (Å²) in [6.07, 6.45) is 2.20. The molecule has 142 valence electrons. The van der Waals surface area contributed by atoms with E-state index in [9.17, 15) is 9.59 Å². The third-order valence-corrected chi connectivity index (χ3v) is 4.58. The number of hydrogen-bond donors (Lipinski definition) is 2. The summed E-state index contributed by atoms with van der Waals surface area (Å²) in [6.45, 7) is 1.52. The molecule has 6 heteroatoms. The van der Waals surface area contributed by atoms with Crippen molar-refractivity contribution in [3.05, 3.63) is 60.2 Å². The summed E-state index contributed by atoms with van der Waals surface area (Å²) in [4.78, 5) is 26.1. The molecular formula is C21H25N3O3. The van der Waals surface area contributed by atoms with Crippen LogP contribution in [0.1, 0.15) is 23.2 Å². The topological polar surface area (TPSA) is 70.7 Å². The van der Waals surface area contributed by atoms with Crippen molar-refractivity contribution in [3.8, 4) is 0 Å². The molecule has 1 unspecified atom stereocenters. The van der Waals surface area contributed by atoms with Crippen LogP contribution in [-0.4, -0.2) is 44.7 Å². The Morgan fingerprint density at radius 3 is 2.52 bits per heavy atom. The molecule has 0 bridgehead atoms. The molecule has 1 aliphatic heterocycles. The second-order valence-corrected chi connectivity index (χ2v) is 6.57. The van der Waals surface area contributed by atoms with Gasteiger partial charge in [0.25, 0.3) is 5.91 Å². The van der Waals surface area contributed by atoms with Gasteiger partial charge in [0.1, 0.15) is 0 Å². The highest BCUT2D eigenvalue weighted by molar-refractivity contribution is 6.05. The molecule has 1 fully saturated rings. The molecule has 1 atom stereocenters. The number of para-hydroxylation sites is 1. The molecule has 0 aromatic heterocycles. The molecule has 27 heavy (non-hydrogen) atoms. The zero-order chi connectivity index (χ0) is 19.1. The van der Waals surface area contributed by atoms with Gasteiger partial charge in [0.05, 0.1) is 12.6 Å². The molecule has 1 aliphatic rings. The van der Waals surface area contributed by atoms with Crippen molar-refractivity contribution in [2.24, 2.45) is 0 Å². The molecule has 2 aromatic carbocycles. The first-order chi connectivity index (χ1) is 13.1. The van der Waals surface area contributed by atoms with E-state index in [1.165, 1.54) is 0 Å². The highest BCUT2D eigenvalue weighted by Crippen LogP contribution is 2.16. The van der Waals surface area contributed by atoms with Gasteiger partial charge in [-0.3, -0.25) is 9.59 Å². The highest BCUT2D eigenvalue weighted by Gasteiger charge is 2.16. The van der Waals surface area contributed by atoms with E-state index >= 15 is 0 Å². The SMILES string of the molecule is CN(C(=O)c1ccc(NCC(=O)NCC2CCCO2)cc1)c1ccccc1. The van der Waals surface area contributed by atoms with E-state index in [0.29, 0.717) is 12.1 Å². The quantitative estimate of drug-likeness (QED) is 0.789. The normalized spacial score (nSPS) is 16.0. The van der Waals surface area contributed by atoms with Gasteiger partial charge in [0.15, 0.2) is 0 Å². The van der Waals surface area contributed by atoms with Crippen molar-refractivity contribution < 1.29 is 14.3 Å². The van der Waals surface area contributed by atoms with Crippen LogP contribution < -0.4 is 15.5 Å². The summed E-state index contributed by atoms with van der Waals surface area (Å²) in [6, 6.07) is 16.6. The Labute approximate surface area is 159 Å². The number of nitrogens with zero attached hydrogens (tertiary/aromatic N) is 1. The molecule has 3 rings (SSSR count). The maximum atomic E-state index is 12.6. The van der Waals surface area contributed by atoms with Crippen LogP contribution in [0.2, 0.25) is 0 Å². The van der Waals surface area contributed by atoms with Crippen LogP contribution in [0.5, 0.6) is 0 Å². The van der Waals surface area contributed by atoms with E-state index in [1.54, 1.807) is 36.2 Å². The van der Waals surface area contributed by atoms with Crippen LogP contribution in [0.15, 0.2) is 54.6 Å². The predicted octanol–water partition coefficient (Wildman–Crippen LogP) is 2.67. The fourth-order valence-corrected chi connectivity index (χ4v) is 2.97. The maximum absolute atomic E-state index is 12.6. The number of ether oxygens (including phenoxy) is 1. The second kappa shape index (κ2) is 9.19. The lowest BCUT2D eigenvalue weighted by Gasteiger charge is -2.17. The molecule has 1 heterocycles. The van der Waals surface area contributed by atoms with Gasteiger partial charge >= 0.3 is 0 Å². The van der Waals surface area contributed by atoms with Gasteiger partial charge in [-0.15, -0.1) is 0 Å². The lowest BCUT2D eigenvalue weighted by molar-refractivity contribution is -0.119. The third-order valence-electron chi connectivity index (χ3n) is 4.58. The molecule has 6 nitrogen and oxygen atoms in total. The number of hydrogen-bond acceptors (Lipinski definition) is 4. The Balaban J connectivity index is 1.48. The minimum Gasteiger partial charge on any atom is -0.376 e. The fraction of sp³-hybridized carbons (Fsp3) is 0.333. The standard InChI is InChI=1S/C21H25N3O3/c1-24(18-6-3-2-4-7-18)21(26)16-9-11-17(12-10-16)22-15-20(25)23-14-19-8-5-13-27-19/h2-4,6-7,9-12,19,22H,5,8,13-15H2,1H3,(H,23,25). The van der Waals surface area contributed by atoms with Crippen molar-refractivity contribution in [2.45, 2.75) is 18.9 Å². The van der Waals surface area contributed by atoms with Crippen LogP contribution in [0.25, 0.3) is 0 Å². The van der Waals surface area contributed by atoms with Gasteiger partial charge in [-0.25, -0.2) is 0 Å². The van der Waals surface area contributed by atoms with E-state index < -0.39 is 0 Å². The number of carbonyl (C=O) groups is 2. The summed E-state index contributed by atoms with van der Waals surface area (Å²) in [7, 11) is 1.75. The van der Waals surface area contributed by atoms with Crippen molar-refractivity contribution in [2.75, 3.05) is 37.0 Å². The second-order valence-electron chi connectivity index (χ2n) is 6.57. The number of amides is 2. The summed E-state index contributed by atoms with van der Waals surface area (Å²) < 4.78 is 5.48. The maximum Gasteiger partial charge on any atom is 0.258 e. The van der Waals surface area contributed by atoms with Crippen molar-refractivity contribution in [1.82, 2.24) is 5.32 Å². The van der Waals surface area contributed by atoms with Crippen LogP contribution in [-0.2, 0) is 9.53 Å². The molecule has 0 radical (unpaired) electrons. The first-order valence-electron chi connectivity index (χ1n) is 9.19. The van der Waals surface area contributed by atoms with Gasteiger partial charge in [0, 0.05) is 37.1 Å². The number of rotatable bonds is 7. The molecule has 1 saturated heterocycles. The fourth-order valence-electron chi connectivity index (χ4n) is 2.97. The minimum atomic E-state index is -0.0814.